The molecule has 41 heavy (non-hydrogen) atoms. The van der Waals surface area contributed by atoms with E-state index in [1.807, 2.05) is 0 Å². The van der Waals surface area contributed by atoms with Gasteiger partial charge in [0.2, 0.25) is 0 Å². The lowest BCUT2D eigenvalue weighted by atomic mass is 9.93. The van der Waals surface area contributed by atoms with E-state index < -0.39 is 46.8 Å². The highest BCUT2D eigenvalue weighted by Crippen LogP contribution is 2.42. The van der Waals surface area contributed by atoms with Gasteiger partial charge in [0.25, 0.3) is 11.8 Å². The van der Waals surface area contributed by atoms with Crippen LogP contribution in [-0.4, -0.2) is 35.3 Å². The lowest BCUT2D eigenvalue weighted by Gasteiger charge is -2.19. The van der Waals surface area contributed by atoms with Gasteiger partial charge in [-0.25, -0.2) is 8.78 Å². The van der Waals surface area contributed by atoms with Crippen molar-refractivity contribution < 1.29 is 36.3 Å². The fourth-order valence-electron chi connectivity index (χ4n) is 4.67. The third-order valence-electron chi connectivity index (χ3n) is 6.51. The smallest absolute Gasteiger partial charge is 0.383 e. The molecule has 1 aromatic heterocycles. The average molecular weight is 591 g/mol. The van der Waals surface area contributed by atoms with Gasteiger partial charge in [0.05, 0.1) is 30.5 Å². The van der Waals surface area contributed by atoms with Crippen LogP contribution in [0.25, 0.3) is 11.3 Å². The SMILES string of the molecule is COCCn1nccc1-c1cc(NC(=O)c2cc(F)cc(C(F)(F)F)c2)c2c(c1)C(=O)NC2c1cc(F)ccc1Cl. The van der Waals surface area contributed by atoms with Gasteiger partial charge in [-0.2, -0.15) is 18.3 Å². The maximum atomic E-state index is 14.2. The number of carbonyl (C=O) groups excluding carboxylic acids is 2. The van der Waals surface area contributed by atoms with Gasteiger partial charge < -0.3 is 15.4 Å². The lowest BCUT2D eigenvalue weighted by Crippen LogP contribution is -2.21. The lowest BCUT2D eigenvalue weighted by molar-refractivity contribution is -0.137. The predicted octanol–water partition coefficient (Wildman–Crippen LogP) is 6.23. The standard InChI is InChI=1S/C28H20ClF5N4O3/c1-41-7-6-38-23(4-5-35-38)14-10-20-24(25(37-27(20)40)19-13-17(30)2-3-21(19)29)22(11-14)36-26(39)15-8-16(28(32,33)34)12-18(31)9-15/h2-5,8-13,25H,6-7H2,1H3,(H,36,39)(H,37,40). The Hall–Kier alpha value is -4.29. The number of halogens is 6. The fourth-order valence-corrected chi connectivity index (χ4v) is 4.89. The minimum absolute atomic E-state index is 0.0171. The van der Waals surface area contributed by atoms with Crippen molar-refractivity contribution in [1.82, 2.24) is 15.1 Å². The van der Waals surface area contributed by atoms with Crippen LogP contribution in [0.1, 0.15) is 43.4 Å². The van der Waals surface area contributed by atoms with Crippen molar-refractivity contribution in [2.45, 2.75) is 18.8 Å². The van der Waals surface area contributed by atoms with Gasteiger partial charge in [0, 0.05) is 51.8 Å². The summed E-state index contributed by atoms with van der Waals surface area (Å²) >= 11 is 6.33. The number of anilines is 1. The predicted molar refractivity (Wildman–Crippen MR) is 140 cm³/mol. The van der Waals surface area contributed by atoms with Crippen molar-refractivity contribution >= 4 is 29.1 Å². The molecule has 0 aliphatic carbocycles. The van der Waals surface area contributed by atoms with Crippen molar-refractivity contribution in [3.05, 3.63) is 105 Å². The largest absolute Gasteiger partial charge is 0.416 e. The second-order valence-corrected chi connectivity index (χ2v) is 9.58. The van der Waals surface area contributed by atoms with E-state index in [1.54, 1.807) is 16.8 Å². The van der Waals surface area contributed by atoms with Gasteiger partial charge in [-0.15, -0.1) is 0 Å². The number of fused-ring (bicyclic) bond motifs is 1. The first-order valence-corrected chi connectivity index (χ1v) is 12.5. The molecule has 212 valence electrons. The number of amides is 2. The molecule has 4 aromatic rings. The molecule has 2 heterocycles. The highest BCUT2D eigenvalue weighted by Gasteiger charge is 2.36. The van der Waals surface area contributed by atoms with Crippen molar-refractivity contribution in [2.75, 3.05) is 19.0 Å². The molecule has 1 aliphatic rings. The summed E-state index contributed by atoms with van der Waals surface area (Å²) in [5.74, 6) is -3.51. The van der Waals surface area contributed by atoms with E-state index in [1.165, 1.54) is 25.4 Å². The first kappa shape index (κ1) is 28.2. The molecule has 2 amide bonds. The summed E-state index contributed by atoms with van der Waals surface area (Å²) < 4.78 is 74.9. The Morgan fingerprint density at radius 2 is 1.88 bits per heavy atom. The Kier molecular flexibility index (Phi) is 7.54. The highest BCUT2D eigenvalue weighted by atomic mass is 35.5. The molecule has 1 unspecified atom stereocenters. The Labute approximate surface area is 234 Å². The minimum atomic E-state index is -4.89. The van der Waals surface area contributed by atoms with E-state index in [4.69, 9.17) is 16.3 Å². The number of nitrogens with zero attached hydrogens (tertiary/aromatic N) is 2. The zero-order valence-electron chi connectivity index (χ0n) is 21.2. The molecule has 0 radical (unpaired) electrons. The molecule has 5 rings (SSSR count). The zero-order valence-corrected chi connectivity index (χ0v) is 21.9. The Balaban J connectivity index is 1.66. The summed E-state index contributed by atoms with van der Waals surface area (Å²) in [4.78, 5) is 26.4. The van der Waals surface area contributed by atoms with Gasteiger partial charge in [-0.05, 0) is 54.6 Å². The zero-order chi connectivity index (χ0) is 29.5. The fraction of sp³-hybridized carbons (Fsp3) is 0.179. The van der Waals surface area contributed by atoms with E-state index in [0.717, 1.165) is 12.1 Å². The topological polar surface area (TPSA) is 85.2 Å². The van der Waals surface area contributed by atoms with Gasteiger partial charge in [0.15, 0.2) is 0 Å². The molecular weight excluding hydrogens is 571 g/mol. The first-order chi connectivity index (χ1) is 19.5. The normalized spacial score (nSPS) is 14.6. The van der Waals surface area contributed by atoms with Crippen molar-refractivity contribution in [3.8, 4) is 11.3 Å². The van der Waals surface area contributed by atoms with Crippen molar-refractivity contribution in [2.24, 2.45) is 0 Å². The molecule has 0 saturated heterocycles. The number of hydrogen-bond acceptors (Lipinski definition) is 4. The second kappa shape index (κ2) is 10.9. The van der Waals surface area contributed by atoms with Gasteiger partial charge in [-0.1, -0.05) is 11.6 Å². The van der Waals surface area contributed by atoms with E-state index >= 15 is 0 Å². The van der Waals surface area contributed by atoms with E-state index in [9.17, 15) is 31.5 Å². The Morgan fingerprint density at radius 1 is 1.10 bits per heavy atom. The van der Waals surface area contributed by atoms with Crippen LogP contribution in [-0.2, 0) is 17.5 Å². The summed E-state index contributed by atoms with van der Waals surface area (Å²) in [5, 5.41) is 9.63. The highest BCUT2D eigenvalue weighted by molar-refractivity contribution is 6.31. The number of alkyl halides is 3. The second-order valence-electron chi connectivity index (χ2n) is 9.17. The van der Waals surface area contributed by atoms with E-state index in [0.29, 0.717) is 36.5 Å². The number of methoxy groups -OCH3 is 1. The monoisotopic (exact) mass is 590 g/mol. The number of benzene rings is 3. The number of nitrogens with one attached hydrogen (secondary N) is 2. The van der Waals surface area contributed by atoms with Crippen LogP contribution in [0.2, 0.25) is 5.02 Å². The third kappa shape index (κ3) is 5.66. The quantitative estimate of drug-likeness (QED) is 0.250. The summed E-state index contributed by atoms with van der Waals surface area (Å²) in [6.45, 7) is 0.680. The van der Waals surface area contributed by atoms with Gasteiger partial charge in [0.1, 0.15) is 11.6 Å². The van der Waals surface area contributed by atoms with Crippen LogP contribution in [0, 0.1) is 11.6 Å². The summed E-state index contributed by atoms with van der Waals surface area (Å²) in [6, 6.07) is 8.75. The van der Waals surface area contributed by atoms with Crippen LogP contribution in [0.4, 0.5) is 27.6 Å². The number of rotatable bonds is 7. The molecule has 0 fully saturated rings. The summed E-state index contributed by atoms with van der Waals surface area (Å²) in [7, 11) is 1.52. The number of ether oxygens (including phenoxy) is 1. The third-order valence-corrected chi connectivity index (χ3v) is 6.86. The molecular formula is C28H20ClF5N4O3. The summed E-state index contributed by atoms with van der Waals surface area (Å²) in [6.07, 6.45) is -3.37. The van der Waals surface area contributed by atoms with Gasteiger partial charge >= 0.3 is 6.18 Å². The number of carbonyl (C=O) groups is 2. The van der Waals surface area contributed by atoms with Crippen LogP contribution in [0.5, 0.6) is 0 Å². The van der Waals surface area contributed by atoms with Gasteiger partial charge in [-0.3, -0.25) is 14.3 Å². The average Bonchev–Trinajstić information content (AvgIpc) is 3.52. The molecule has 2 N–H and O–H groups in total. The number of aromatic nitrogens is 2. The maximum Gasteiger partial charge on any atom is 0.416 e. The molecule has 0 spiro atoms. The van der Waals surface area contributed by atoms with Crippen LogP contribution in [0.3, 0.4) is 0 Å². The van der Waals surface area contributed by atoms with Crippen LogP contribution >= 0.6 is 11.6 Å². The number of hydrogen-bond donors (Lipinski definition) is 2. The van der Waals surface area contributed by atoms with Crippen LogP contribution in [0.15, 0.2) is 60.8 Å². The van der Waals surface area contributed by atoms with E-state index in [-0.39, 0.29) is 33.5 Å². The van der Waals surface area contributed by atoms with Crippen molar-refractivity contribution in [3.63, 3.8) is 0 Å². The first-order valence-electron chi connectivity index (χ1n) is 12.1. The Bertz CT molecular complexity index is 1670. The molecule has 0 saturated carbocycles. The van der Waals surface area contributed by atoms with E-state index in [2.05, 4.69) is 15.7 Å². The Morgan fingerprint density at radius 3 is 2.61 bits per heavy atom. The minimum Gasteiger partial charge on any atom is -0.383 e. The molecule has 1 atom stereocenters. The molecule has 3 aromatic carbocycles. The molecule has 7 nitrogen and oxygen atoms in total. The molecule has 1 aliphatic heterocycles. The van der Waals surface area contributed by atoms with Crippen LogP contribution < -0.4 is 10.6 Å². The molecule has 13 heteroatoms. The summed E-state index contributed by atoms with van der Waals surface area (Å²) in [5.41, 5.74) is -0.438. The maximum absolute atomic E-state index is 14.2. The van der Waals surface area contributed by atoms with Crippen molar-refractivity contribution in [1.29, 1.82) is 0 Å². The molecule has 0 bridgehead atoms.